The summed E-state index contributed by atoms with van der Waals surface area (Å²) in [5, 5.41) is 0. The molecule has 0 aliphatic carbocycles. The second kappa shape index (κ2) is 6.40. The molecule has 1 atom stereocenters. The van der Waals surface area contributed by atoms with Crippen molar-refractivity contribution >= 4 is 5.69 Å². The molecule has 1 fully saturated rings. The maximum Gasteiger partial charge on any atom is 0.171 e. The summed E-state index contributed by atoms with van der Waals surface area (Å²) in [5.74, 6) is -1.57. The molecule has 1 aromatic heterocycles. The second-order valence-corrected chi connectivity index (χ2v) is 5.47. The van der Waals surface area contributed by atoms with Crippen LogP contribution in [-0.4, -0.2) is 32.3 Å². The second-order valence-electron chi connectivity index (χ2n) is 5.47. The SMILES string of the molecule is COc1cc(OC)c(F)c(C2CCN(c3cccnc3)C2)c1F. The predicted octanol–water partition coefficient (Wildman–Crippen LogP) is 3.37. The minimum atomic E-state index is -0.649. The molecule has 1 saturated heterocycles. The van der Waals surface area contributed by atoms with Crippen molar-refractivity contribution in [2.24, 2.45) is 0 Å². The molecule has 3 rings (SSSR count). The summed E-state index contributed by atoms with van der Waals surface area (Å²) in [6.07, 6.45) is 4.10. The van der Waals surface area contributed by atoms with Crippen molar-refractivity contribution in [3.8, 4) is 11.5 Å². The van der Waals surface area contributed by atoms with Crippen LogP contribution in [0.2, 0.25) is 0 Å². The molecule has 0 radical (unpaired) electrons. The number of hydrogen-bond acceptors (Lipinski definition) is 4. The van der Waals surface area contributed by atoms with Crippen LogP contribution in [0.4, 0.5) is 14.5 Å². The highest BCUT2D eigenvalue weighted by Crippen LogP contribution is 2.39. The van der Waals surface area contributed by atoms with Crippen molar-refractivity contribution in [1.29, 1.82) is 0 Å². The summed E-state index contributed by atoms with van der Waals surface area (Å²) in [5.41, 5.74) is 0.985. The summed E-state index contributed by atoms with van der Waals surface area (Å²) in [6, 6.07) is 5.02. The quantitative estimate of drug-likeness (QED) is 0.865. The van der Waals surface area contributed by atoms with E-state index in [1.807, 2.05) is 12.1 Å². The average Bonchev–Trinajstić information content (AvgIpc) is 3.06. The Morgan fingerprint density at radius 2 is 1.87 bits per heavy atom. The lowest BCUT2D eigenvalue weighted by Gasteiger charge is -2.20. The fourth-order valence-electron chi connectivity index (χ4n) is 3.03. The number of rotatable bonds is 4. The zero-order valence-corrected chi connectivity index (χ0v) is 13.1. The van der Waals surface area contributed by atoms with E-state index in [0.29, 0.717) is 13.0 Å². The van der Waals surface area contributed by atoms with Gasteiger partial charge in [0, 0.05) is 36.8 Å². The van der Waals surface area contributed by atoms with Crippen molar-refractivity contribution in [1.82, 2.24) is 4.98 Å². The zero-order chi connectivity index (χ0) is 16.4. The molecule has 1 aliphatic rings. The van der Waals surface area contributed by atoms with Crippen LogP contribution in [0.15, 0.2) is 30.6 Å². The number of methoxy groups -OCH3 is 2. The lowest BCUT2D eigenvalue weighted by atomic mass is 9.96. The standard InChI is InChI=1S/C17H18F2N2O2/c1-22-13-8-14(23-2)17(19)15(16(13)18)11-5-7-21(10-11)12-4-3-6-20-9-12/h3-4,6,8-9,11H,5,7,10H2,1-2H3. The Morgan fingerprint density at radius 3 is 2.43 bits per heavy atom. The third-order valence-corrected chi connectivity index (χ3v) is 4.22. The molecule has 122 valence electrons. The summed E-state index contributed by atoms with van der Waals surface area (Å²) in [6.45, 7) is 1.24. The van der Waals surface area contributed by atoms with Gasteiger partial charge in [0.1, 0.15) is 0 Å². The number of aromatic nitrogens is 1. The van der Waals surface area contributed by atoms with E-state index in [1.165, 1.54) is 20.3 Å². The van der Waals surface area contributed by atoms with Crippen LogP contribution in [0.3, 0.4) is 0 Å². The van der Waals surface area contributed by atoms with E-state index < -0.39 is 11.6 Å². The van der Waals surface area contributed by atoms with Crippen LogP contribution >= 0.6 is 0 Å². The van der Waals surface area contributed by atoms with Crippen molar-refractivity contribution in [2.45, 2.75) is 12.3 Å². The van der Waals surface area contributed by atoms with E-state index in [2.05, 4.69) is 9.88 Å². The Hall–Kier alpha value is -2.37. The van der Waals surface area contributed by atoms with Crippen LogP contribution < -0.4 is 14.4 Å². The van der Waals surface area contributed by atoms with Crippen molar-refractivity contribution in [3.05, 3.63) is 47.8 Å². The van der Waals surface area contributed by atoms with Gasteiger partial charge in [0.05, 0.1) is 26.1 Å². The number of benzene rings is 1. The number of anilines is 1. The van der Waals surface area contributed by atoms with Gasteiger partial charge in [0.2, 0.25) is 0 Å². The van der Waals surface area contributed by atoms with Gasteiger partial charge < -0.3 is 14.4 Å². The number of nitrogens with zero attached hydrogens (tertiary/aromatic N) is 2. The van der Waals surface area contributed by atoms with Crippen LogP contribution in [0.5, 0.6) is 11.5 Å². The van der Waals surface area contributed by atoms with Crippen LogP contribution in [0.25, 0.3) is 0 Å². The number of halogens is 2. The van der Waals surface area contributed by atoms with Gasteiger partial charge in [0.25, 0.3) is 0 Å². The third kappa shape index (κ3) is 2.81. The maximum atomic E-state index is 14.6. The van der Waals surface area contributed by atoms with E-state index in [0.717, 1.165) is 12.2 Å². The predicted molar refractivity (Wildman–Crippen MR) is 83.3 cm³/mol. The van der Waals surface area contributed by atoms with Gasteiger partial charge in [-0.2, -0.15) is 0 Å². The van der Waals surface area contributed by atoms with E-state index in [9.17, 15) is 8.78 Å². The molecule has 0 N–H and O–H groups in total. The topological polar surface area (TPSA) is 34.6 Å². The maximum absolute atomic E-state index is 14.6. The molecular formula is C17H18F2N2O2. The Morgan fingerprint density at radius 1 is 1.17 bits per heavy atom. The minimum Gasteiger partial charge on any atom is -0.494 e. The molecule has 0 bridgehead atoms. The fourth-order valence-corrected chi connectivity index (χ4v) is 3.03. The Labute approximate surface area is 133 Å². The van der Waals surface area contributed by atoms with Gasteiger partial charge in [-0.1, -0.05) is 0 Å². The van der Waals surface area contributed by atoms with E-state index in [-0.39, 0.29) is 23.0 Å². The van der Waals surface area contributed by atoms with E-state index >= 15 is 0 Å². The molecule has 2 heterocycles. The normalized spacial score (nSPS) is 17.4. The molecule has 1 aliphatic heterocycles. The van der Waals surface area contributed by atoms with E-state index in [4.69, 9.17) is 9.47 Å². The van der Waals surface area contributed by atoms with Crippen molar-refractivity contribution in [3.63, 3.8) is 0 Å². The lowest BCUT2D eigenvalue weighted by Crippen LogP contribution is -2.20. The molecule has 6 heteroatoms. The molecule has 1 unspecified atom stereocenters. The number of pyridine rings is 1. The van der Waals surface area contributed by atoms with Gasteiger partial charge in [0.15, 0.2) is 23.1 Å². The zero-order valence-electron chi connectivity index (χ0n) is 13.1. The molecule has 0 spiro atoms. The summed E-state index contributed by atoms with van der Waals surface area (Å²) in [7, 11) is 2.71. The molecule has 23 heavy (non-hydrogen) atoms. The highest BCUT2D eigenvalue weighted by atomic mass is 19.1. The van der Waals surface area contributed by atoms with Crippen LogP contribution in [0.1, 0.15) is 17.9 Å². The summed E-state index contributed by atoms with van der Waals surface area (Å²) >= 11 is 0. The van der Waals surface area contributed by atoms with E-state index in [1.54, 1.807) is 12.4 Å². The molecule has 1 aromatic carbocycles. The first-order valence-corrected chi connectivity index (χ1v) is 7.40. The van der Waals surface area contributed by atoms with Gasteiger partial charge in [-0.05, 0) is 18.6 Å². The first kappa shape index (κ1) is 15.5. The minimum absolute atomic E-state index is 0.00178. The summed E-state index contributed by atoms with van der Waals surface area (Å²) in [4.78, 5) is 6.16. The van der Waals surface area contributed by atoms with Crippen LogP contribution in [0, 0.1) is 11.6 Å². The first-order chi connectivity index (χ1) is 11.2. The Balaban J connectivity index is 1.93. The van der Waals surface area contributed by atoms with Crippen molar-refractivity contribution < 1.29 is 18.3 Å². The highest BCUT2D eigenvalue weighted by Gasteiger charge is 2.32. The largest absolute Gasteiger partial charge is 0.494 e. The average molecular weight is 320 g/mol. The molecule has 0 amide bonds. The number of hydrogen-bond donors (Lipinski definition) is 0. The molecule has 4 nitrogen and oxygen atoms in total. The Kier molecular flexibility index (Phi) is 4.32. The third-order valence-electron chi connectivity index (χ3n) is 4.22. The fraction of sp³-hybridized carbons (Fsp3) is 0.353. The Bertz CT molecular complexity index is 666. The van der Waals surface area contributed by atoms with Crippen molar-refractivity contribution in [2.75, 3.05) is 32.2 Å². The first-order valence-electron chi connectivity index (χ1n) is 7.40. The summed E-state index contributed by atoms with van der Waals surface area (Å²) < 4.78 is 39.2. The number of ether oxygens (including phenoxy) is 2. The smallest absolute Gasteiger partial charge is 0.171 e. The van der Waals surface area contributed by atoms with Crippen LogP contribution in [-0.2, 0) is 0 Å². The molecule has 2 aromatic rings. The molecule has 0 saturated carbocycles. The highest BCUT2D eigenvalue weighted by molar-refractivity contribution is 5.49. The lowest BCUT2D eigenvalue weighted by molar-refractivity contribution is 0.350. The van der Waals surface area contributed by atoms with Gasteiger partial charge >= 0.3 is 0 Å². The monoisotopic (exact) mass is 320 g/mol. The van der Waals surface area contributed by atoms with Gasteiger partial charge in [-0.3, -0.25) is 4.98 Å². The molecular weight excluding hydrogens is 302 g/mol. The van der Waals surface area contributed by atoms with Gasteiger partial charge in [-0.15, -0.1) is 0 Å². The van der Waals surface area contributed by atoms with Gasteiger partial charge in [-0.25, -0.2) is 8.78 Å².